The average molecular weight is 407 g/mol. The number of alkyl halides is 1. The summed E-state index contributed by atoms with van der Waals surface area (Å²) in [6.45, 7) is -0.0909. The van der Waals surface area contributed by atoms with Crippen LogP contribution in [0, 0.1) is 0 Å². The number of primary amides is 1. The zero-order valence-corrected chi connectivity index (χ0v) is 16.1. The summed E-state index contributed by atoms with van der Waals surface area (Å²) in [6, 6.07) is 4.60. The van der Waals surface area contributed by atoms with Gasteiger partial charge in [0.15, 0.2) is 5.69 Å². The Kier molecular flexibility index (Phi) is 4.92. The molecule has 2 heterocycles. The zero-order valence-electron chi connectivity index (χ0n) is 15.3. The maximum Gasteiger partial charge on any atom is 0.270 e. The molecule has 0 saturated carbocycles. The molecule has 1 aliphatic heterocycles. The van der Waals surface area contributed by atoms with Crippen LogP contribution in [-0.2, 0) is 29.4 Å². The highest BCUT2D eigenvalue weighted by Crippen LogP contribution is 2.31. The van der Waals surface area contributed by atoms with Gasteiger partial charge in [-0.1, -0.05) is 11.3 Å². The molecule has 2 atom stereocenters. The number of halogens is 1. The number of sulfonamides is 1. The number of hydrogen-bond acceptors (Lipinski definition) is 5. The van der Waals surface area contributed by atoms with Gasteiger partial charge in [0, 0.05) is 12.6 Å². The Hall–Kier alpha value is -2.33. The Morgan fingerprint density at radius 2 is 2.00 bits per heavy atom. The molecule has 8 nitrogen and oxygen atoms in total. The van der Waals surface area contributed by atoms with Crippen molar-refractivity contribution >= 4 is 15.9 Å². The molecule has 4 rings (SSSR count). The van der Waals surface area contributed by atoms with Crippen molar-refractivity contribution in [1.82, 2.24) is 19.3 Å². The Labute approximate surface area is 162 Å². The van der Waals surface area contributed by atoms with E-state index in [-0.39, 0.29) is 30.1 Å². The van der Waals surface area contributed by atoms with Gasteiger partial charge in [-0.15, -0.1) is 5.10 Å². The third kappa shape index (κ3) is 3.53. The lowest BCUT2D eigenvalue weighted by atomic mass is 9.92. The Morgan fingerprint density at radius 1 is 1.25 bits per heavy atom. The second kappa shape index (κ2) is 7.25. The molecule has 0 radical (unpaired) electrons. The molecule has 2 aromatic rings. The van der Waals surface area contributed by atoms with E-state index in [1.807, 2.05) is 6.07 Å². The first-order chi connectivity index (χ1) is 13.3. The highest BCUT2D eigenvalue weighted by atomic mass is 32.2. The third-order valence-electron chi connectivity index (χ3n) is 5.43. The van der Waals surface area contributed by atoms with E-state index >= 15 is 0 Å². The molecule has 1 aromatic heterocycles. The number of rotatable bonds is 5. The standard InChI is InChI=1S/C18H22FN5O3S/c19-14-8-15(10-23-11-17(18(20)25)21-22-23)24(9-14)28(26,27)16-6-5-12-3-1-2-4-13(12)7-16/h5-7,11,14-15H,1-4,8-10H2,(H2,20,25). The van der Waals surface area contributed by atoms with Crippen LogP contribution in [0.4, 0.5) is 4.39 Å². The molecule has 0 bridgehead atoms. The van der Waals surface area contributed by atoms with E-state index in [4.69, 9.17) is 5.73 Å². The molecular weight excluding hydrogens is 385 g/mol. The summed E-state index contributed by atoms with van der Waals surface area (Å²) in [5, 5.41) is 7.44. The molecule has 1 saturated heterocycles. The summed E-state index contributed by atoms with van der Waals surface area (Å²) >= 11 is 0. The van der Waals surface area contributed by atoms with Crippen molar-refractivity contribution in [3.63, 3.8) is 0 Å². The number of carbonyl (C=O) groups excluding carboxylic acids is 1. The van der Waals surface area contributed by atoms with E-state index in [0.29, 0.717) is 0 Å². The Bertz CT molecular complexity index is 1010. The van der Waals surface area contributed by atoms with Crippen LogP contribution in [0.25, 0.3) is 0 Å². The first-order valence-corrected chi connectivity index (χ1v) is 10.8. The highest BCUT2D eigenvalue weighted by molar-refractivity contribution is 7.89. The Morgan fingerprint density at radius 3 is 2.71 bits per heavy atom. The Balaban J connectivity index is 1.60. The van der Waals surface area contributed by atoms with E-state index in [2.05, 4.69) is 10.3 Å². The first-order valence-electron chi connectivity index (χ1n) is 9.32. The average Bonchev–Trinajstić information content (AvgIpc) is 3.28. The lowest BCUT2D eigenvalue weighted by molar-refractivity contribution is 0.0995. The lowest BCUT2D eigenvalue weighted by Gasteiger charge is -2.24. The lowest BCUT2D eigenvalue weighted by Crippen LogP contribution is -2.38. The molecule has 1 aliphatic carbocycles. The molecule has 2 aliphatic rings. The fourth-order valence-electron chi connectivity index (χ4n) is 4.01. The van der Waals surface area contributed by atoms with Gasteiger partial charge in [-0.25, -0.2) is 12.8 Å². The van der Waals surface area contributed by atoms with Crippen molar-refractivity contribution in [3.05, 3.63) is 41.2 Å². The third-order valence-corrected chi connectivity index (χ3v) is 7.34. The topological polar surface area (TPSA) is 111 Å². The van der Waals surface area contributed by atoms with Gasteiger partial charge in [0.1, 0.15) is 6.17 Å². The quantitative estimate of drug-likeness (QED) is 0.797. The number of aryl methyl sites for hydroxylation is 2. The molecule has 150 valence electrons. The number of amides is 1. The van der Waals surface area contributed by atoms with Crippen molar-refractivity contribution in [2.75, 3.05) is 6.54 Å². The monoisotopic (exact) mass is 407 g/mol. The van der Waals surface area contributed by atoms with Crippen LogP contribution in [0.15, 0.2) is 29.3 Å². The maximum atomic E-state index is 14.2. The van der Waals surface area contributed by atoms with E-state index in [9.17, 15) is 17.6 Å². The summed E-state index contributed by atoms with van der Waals surface area (Å²) in [5.74, 6) is -0.723. The molecule has 1 aromatic carbocycles. The van der Waals surface area contributed by atoms with Crippen LogP contribution in [0.1, 0.15) is 40.9 Å². The van der Waals surface area contributed by atoms with E-state index < -0.39 is 28.1 Å². The van der Waals surface area contributed by atoms with E-state index in [0.717, 1.165) is 31.2 Å². The van der Waals surface area contributed by atoms with Crippen molar-refractivity contribution < 1.29 is 17.6 Å². The van der Waals surface area contributed by atoms with Crippen molar-refractivity contribution in [2.45, 2.75) is 55.8 Å². The number of carbonyl (C=O) groups is 1. The van der Waals surface area contributed by atoms with Gasteiger partial charge in [-0.3, -0.25) is 9.48 Å². The minimum absolute atomic E-state index is 0.0149. The fraction of sp³-hybridized carbons (Fsp3) is 0.500. The molecule has 1 fully saturated rings. The minimum atomic E-state index is -3.84. The van der Waals surface area contributed by atoms with Crippen molar-refractivity contribution in [1.29, 1.82) is 0 Å². The maximum absolute atomic E-state index is 14.2. The first kappa shape index (κ1) is 19.0. The van der Waals surface area contributed by atoms with Crippen LogP contribution >= 0.6 is 0 Å². The number of hydrogen-bond donors (Lipinski definition) is 1. The second-order valence-electron chi connectivity index (χ2n) is 7.39. The van der Waals surface area contributed by atoms with Gasteiger partial charge < -0.3 is 5.73 Å². The molecule has 0 spiro atoms. The summed E-state index contributed by atoms with van der Waals surface area (Å²) < 4.78 is 43.1. The summed E-state index contributed by atoms with van der Waals surface area (Å²) in [4.78, 5) is 11.4. The van der Waals surface area contributed by atoms with Crippen LogP contribution in [-0.4, -0.2) is 52.4 Å². The molecule has 10 heteroatoms. The van der Waals surface area contributed by atoms with Crippen LogP contribution < -0.4 is 5.73 Å². The number of nitrogens with two attached hydrogens (primary N) is 1. The predicted octanol–water partition coefficient (Wildman–Crippen LogP) is 1.06. The minimum Gasteiger partial charge on any atom is -0.364 e. The normalized spacial score (nSPS) is 22.9. The largest absolute Gasteiger partial charge is 0.364 e. The second-order valence-corrected chi connectivity index (χ2v) is 9.28. The van der Waals surface area contributed by atoms with Gasteiger partial charge in [0.2, 0.25) is 10.0 Å². The molecule has 2 unspecified atom stereocenters. The number of aromatic nitrogens is 3. The van der Waals surface area contributed by atoms with Crippen molar-refractivity contribution in [3.8, 4) is 0 Å². The smallest absolute Gasteiger partial charge is 0.270 e. The molecule has 28 heavy (non-hydrogen) atoms. The molecule has 2 N–H and O–H groups in total. The predicted molar refractivity (Wildman–Crippen MR) is 98.8 cm³/mol. The van der Waals surface area contributed by atoms with Crippen LogP contribution in [0.3, 0.4) is 0 Å². The SMILES string of the molecule is NC(=O)c1cn(CC2CC(F)CN2S(=O)(=O)c2ccc3c(c2)CCCC3)nn1. The van der Waals surface area contributed by atoms with Crippen molar-refractivity contribution in [2.24, 2.45) is 5.73 Å². The number of benzene rings is 1. The number of fused-ring (bicyclic) bond motifs is 1. The van der Waals surface area contributed by atoms with Gasteiger partial charge in [0.05, 0.1) is 17.6 Å². The number of nitrogens with zero attached hydrogens (tertiary/aromatic N) is 4. The van der Waals surface area contributed by atoms with E-state index in [1.165, 1.54) is 20.7 Å². The van der Waals surface area contributed by atoms with Gasteiger partial charge in [0.25, 0.3) is 5.91 Å². The highest BCUT2D eigenvalue weighted by Gasteiger charge is 2.41. The zero-order chi connectivity index (χ0) is 19.9. The molecule has 1 amide bonds. The van der Waals surface area contributed by atoms with E-state index in [1.54, 1.807) is 12.1 Å². The van der Waals surface area contributed by atoms with Gasteiger partial charge in [-0.2, -0.15) is 4.31 Å². The summed E-state index contributed by atoms with van der Waals surface area (Å²) in [7, 11) is -3.84. The molecular formula is C18H22FN5O3S. The summed E-state index contributed by atoms with van der Waals surface area (Å²) in [6.07, 6.45) is 4.14. The van der Waals surface area contributed by atoms with Gasteiger partial charge >= 0.3 is 0 Å². The van der Waals surface area contributed by atoms with Gasteiger partial charge in [-0.05, 0) is 55.4 Å². The van der Waals surface area contributed by atoms with Crippen LogP contribution in [0.2, 0.25) is 0 Å². The summed E-state index contributed by atoms with van der Waals surface area (Å²) in [5.41, 5.74) is 7.40. The fourth-order valence-corrected chi connectivity index (χ4v) is 5.72. The van der Waals surface area contributed by atoms with Crippen LogP contribution in [0.5, 0.6) is 0 Å².